The van der Waals surface area contributed by atoms with Gasteiger partial charge < -0.3 is 0 Å². The molecule has 0 fully saturated rings. The molecular weight excluding hydrogens is 283 g/mol. The maximum Gasteiger partial charge on any atom is 0.00711 e. The van der Waals surface area contributed by atoms with Crippen molar-refractivity contribution in [1.29, 1.82) is 0 Å². The molecule has 0 saturated heterocycles. The van der Waals surface area contributed by atoms with E-state index < -0.39 is 7.53 Å². The normalized spacial score (nSPS) is 12.2. The molecule has 0 radical (unpaired) electrons. The van der Waals surface area contributed by atoms with Crippen LogP contribution in [-0.4, -0.2) is 0 Å². The zero-order valence-corrected chi connectivity index (χ0v) is 14.1. The maximum absolute atomic E-state index is 2.42. The van der Waals surface area contributed by atoms with Gasteiger partial charge in [0.05, 0.1) is 0 Å². The molecule has 4 aromatic rings. The Balaban J connectivity index is 2.24. The Hall–Kier alpha value is -2.04. The Morgan fingerprint density at radius 1 is 0.636 bits per heavy atom. The standard InChI is InChI=1S/C21H19P/c1-14-9-10-18-19-12-15(2)16(3)13-21(19)22(20(18)11-14)17-7-5-4-6-8-17/h4-13H,1-3H3. The molecule has 0 aliphatic carbocycles. The highest BCUT2D eigenvalue weighted by Crippen LogP contribution is 2.55. The molecule has 1 atom stereocenters. The van der Waals surface area contributed by atoms with Gasteiger partial charge in [0.2, 0.25) is 0 Å². The molecule has 0 N–H and O–H groups in total. The predicted octanol–water partition coefficient (Wildman–Crippen LogP) is 6.89. The zero-order chi connectivity index (χ0) is 15.3. The number of aryl methyl sites for hydroxylation is 3. The van der Waals surface area contributed by atoms with E-state index in [1.807, 2.05) is 0 Å². The molecule has 1 heteroatoms. The van der Waals surface area contributed by atoms with Crippen molar-refractivity contribution in [2.75, 3.05) is 0 Å². The van der Waals surface area contributed by atoms with E-state index in [9.17, 15) is 0 Å². The zero-order valence-electron chi connectivity index (χ0n) is 13.2. The Labute approximate surface area is 132 Å². The van der Waals surface area contributed by atoms with Crippen LogP contribution in [0.5, 0.6) is 0 Å². The smallest absolute Gasteiger partial charge is 0.00711 e. The van der Waals surface area contributed by atoms with Crippen LogP contribution in [0.2, 0.25) is 0 Å². The van der Waals surface area contributed by atoms with Crippen molar-refractivity contribution in [1.82, 2.24) is 0 Å². The molecular formula is C21H19P. The van der Waals surface area contributed by atoms with Gasteiger partial charge in [0.1, 0.15) is 0 Å². The Bertz CT molecular complexity index is 991. The van der Waals surface area contributed by atoms with Gasteiger partial charge in [0.25, 0.3) is 0 Å². The average Bonchev–Trinajstić information content (AvgIpc) is 2.81. The van der Waals surface area contributed by atoms with Crippen molar-refractivity contribution >= 4 is 28.5 Å². The lowest BCUT2D eigenvalue weighted by atomic mass is 10.1. The minimum atomic E-state index is -0.417. The second-order valence-electron chi connectivity index (χ2n) is 6.15. The van der Waals surface area contributed by atoms with Crippen molar-refractivity contribution in [3.63, 3.8) is 0 Å². The van der Waals surface area contributed by atoms with E-state index in [0.29, 0.717) is 0 Å². The van der Waals surface area contributed by atoms with E-state index in [-0.39, 0.29) is 0 Å². The monoisotopic (exact) mass is 302 g/mol. The molecule has 1 unspecified atom stereocenters. The summed E-state index contributed by atoms with van der Waals surface area (Å²) >= 11 is 0. The molecule has 0 bridgehead atoms. The number of hydrogen-bond acceptors (Lipinski definition) is 0. The lowest BCUT2D eigenvalue weighted by Gasteiger charge is -2.05. The first-order chi connectivity index (χ1) is 10.6. The van der Waals surface area contributed by atoms with Gasteiger partial charge in [-0.3, -0.25) is 0 Å². The molecule has 0 spiro atoms. The van der Waals surface area contributed by atoms with Crippen LogP contribution < -0.4 is 0 Å². The third kappa shape index (κ3) is 1.99. The maximum atomic E-state index is 2.42. The van der Waals surface area contributed by atoms with Crippen molar-refractivity contribution in [3.8, 4) is 5.30 Å². The predicted molar refractivity (Wildman–Crippen MR) is 99.7 cm³/mol. The van der Waals surface area contributed by atoms with Crippen molar-refractivity contribution < 1.29 is 0 Å². The van der Waals surface area contributed by atoms with Gasteiger partial charge in [-0.25, -0.2) is 0 Å². The van der Waals surface area contributed by atoms with E-state index in [4.69, 9.17) is 0 Å². The summed E-state index contributed by atoms with van der Waals surface area (Å²) in [5, 5.41) is 7.35. The van der Waals surface area contributed by atoms with Crippen molar-refractivity contribution in [2.24, 2.45) is 0 Å². The van der Waals surface area contributed by atoms with Crippen LogP contribution in [0, 0.1) is 20.8 Å². The third-order valence-electron chi connectivity index (χ3n) is 4.55. The first kappa shape index (κ1) is 13.6. The highest BCUT2D eigenvalue weighted by Gasteiger charge is 2.14. The fourth-order valence-electron chi connectivity index (χ4n) is 3.24. The van der Waals surface area contributed by atoms with Gasteiger partial charge in [0, 0.05) is 10.2 Å². The Kier molecular flexibility index (Phi) is 3.10. The lowest BCUT2D eigenvalue weighted by molar-refractivity contribution is 1.37. The SMILES string of the molecule is Cc1ccc2c3cc(C)c(C)cc3p(-c3ccccc3)c2c1. The molecule has 0 saturated carbocycles. The largest absolute Gasteiger partial charge is 0.0772 e. The average molecular weight is 302 g/mol. The molecule has 4 rings (SSSR count). The summed E-state index contributed by atoms with van der Waals surface area (Å²) in [6.07, 6.45) is 0. The van der Waals surface area contributed by atoms with Crippen LogP contribution in [0.25, 0.3) is 26.3 Å². The summed E-state index contributed by atoms with van der Waals surface area (Å²) < 4.78 is 0. The van der Waals surface area contributed by atoms with Crippen LogP contribution in [0.1, 0.15) is 16.7 Å². The summed E-state index contributed by atoms with van der Waals surface area (Å²) in [4.78, 5) is 0. The van der Waals surface area contributed by atoms with E-state index >= 15 is 0 Å². The van der Waals surface area contributed by atoms with E-state index in [2.05, 4.69) is 81.4 Å². The second kappa shape index (κ2) is 5.00. The molecule has 22 heavy (non-hydrogen) atoms. The molecule has 1 aromatic heterocycles. The fourth-order valence-corrected chi connectivity index (χ4v) is 6.04. The minimum absolute atomic E-state index is 0.417. The molecule has 0 nitrogen and oxygen atoms in total. The van der Waals surface area contributed by atoms with Crippen LogP contribution in [-0.2, 0) is 0 Å². The van der Waals surface area contributed by atoms with Gasteiger partial charge in [0.15, 0.2) is 0 Å². The number of rotatable bonds is 1. The van der Waals surface area contributed by atoms with Crippen molar-refractivity contribution in [2.45, 2.75) is 20.8 Å². The molecule has 1 heterocycles. The fraction of sp³-hybridized carbons (Fsp3) is 0.143. The van der Waals surface area contributed by atoms with E-state index in [1.54, 1.807) is 0 Å². The van der Waals surface area contributed by atoms with Gasteiger partial charge in [-0.05, 0) is 60.1 Å². The number of fused-ring (bicyclic) bond motifs is 3. The Morgan fingerprint density at radius 2 is 1.32 bits per heavy atom. The molecule has 0 aliphatic rings. The highest BCUT2D eigenvalue weighted by molar-refractivity contribution is 7.67. The quantitative estimate of drug-likeness (QED) is 0.359. The van der Waals surface area contributed by atoms with Crippen LogP contribution in [0.15, 0.2) is 60.7 Å². The van der Waals surface area contributed by atoms with Crippen LogP contribution in [0.4, 0.5) is 0 Å². The molecule has 0 aliphatic heterocycles. The van der Waals surface area contributed by atoms with E-state index in [1.165, 1.54) is 43.0 Å². The number of benzene rings is 3. The summed E-state index contributed by atoms with van der Waals surface area (Å²) in [5.74, 6) is 0. The minimum Gasteiger partial charge on any atom is -0.0772 e. The van der Waals surface area contributed by atoms with Gasteiger partial charge in [-0.1, -0.05) is 61.6 Å². The van der Waals surface area contributed by atoms with E-state index in [0.717, 1.165) is 0 Å². The summed E-state index contributed by atoms with van der Waals surface area (Å²) in [6, 6.07) is 22.7. The molecule has 3 aromatic carbocycles. The topological polar surface area (TPSA) is 0 Å². The summed E-state index contributed by atoms with van der Waals surface area (Å²) in [7, 11) is -0.417. The summed E-state index contributed by atoms with van der Waals surface area (Å²) in [5.41, 5.74) is 4.13. The van der Waals surface area contributed by atoms with Crippen LogP contribution in [0.3, 0.4) is 0 Å². The van der Waals surface area contributed by atoms with Crippen molar-refractivity contribution in [3.05, 3.63) is 77.4 Å². The van der Waals surface area contributed by atoms with Crippen LogP contribution >= 0.6 is 7.53 Å². The molecule has 0 amide bonds. The van der Waals surface area contributed by atoms with Gasteiger partial charge in [-0.2, -0.15) is 0 Å². The summed E-state index contributed by atoms with van der Waals surface area (Å²) in [6.45, 7) is 6.63. The number of hydrogen-bond donors (Lipinski definition) is 0. The third-order valence-corrected chi connectivity index (χ3v) is 7.07. The lowest BCUT2D eigenvalue weighted by Crippen LogP contribution is -1.78. The Morgan fingerprint density at radius 3 is 2.09 bits per heavy atom. The first-order valence-corrected chi connectivity index (χ1v) is 9.07. The molecule has 108 valence electrons. The van der Waals surface area contributed by atoms with Gasteiger partial charge >= 0.3 is 0 Å². The highest BCUT2D eigenvalue weighted by atomic mass is 31.1. The second-order valence-corrected chi connectivity index (χ2v) is 8.30. The first-order valence-electron chi connectivity index (χ1n) is 7.72. The van der Waals surface area contributed by atoms with Gasteiger partial charge in [-0.15, -0.1) is 0 Å².